The Balaban J connectivity index is 1.40. The van der Waals surface area contributed by atoms with E-state index in [0.717, 1.165) is 44.9 Å². The van der Waals surface area contributed by atoms with Gasteiger partial charge in [0.15, 0.2) is 11.5 Å². The molecule has 7 heteroatoms. The fourth-order valence-corrected chi connectivity index (χ4v) is 11.9. The molecule has 258 valence electrons. The van der Waals surface area contributed by atoms with Crippen LogP contribution in [0.15, 0.2) is 35.9 Å². The van der Waals surface area contributed by atoms with Gasteiger partial charge < -0.3 is 24.8 Å². The molecule has 0 unspecified atom stereocenters. The highest BCUT2D eigenvalue weighted by atomic mass is 16.5. The number of carboxylic acids is 1. The molecule has 8 atom stereocenters. The Morgan fingerprint density at radius 2 is 1.68 bits per heavy atom. The molecule has 0 aromatic heterocycles. The molecule has 3 N–H and O–H groups in total. The number of fused-ring (bicyclic) bond motifs is 7. The number of aliphatic hydroxyl groups is 1. The molecule has 0 saturated heterocycles. The van der Waals surface area contributed by atoms with E-state index in [1.54, 1.807) is 18.2 Å². The number of phenols is 1. The van der Waals surface area contributed by atoms with E-state index in [1.165, 1.54) is 24.8 Å². The van der Waals surface area contributed by atoms with Crippen LogP contribution in [-0.4, -0.2) is 47.1 Å². The van der Waals surface area contributed by atoms with E-state index < -0.39 is 22.8 Å². The summed E-state index contributed by atoms with van der Waals surface area (Å²) in [5.74, 6) is -0.129. The first-order valence-corrected chi connectivity index (χ1v) is 17.8. The molecule has 0 heterocycles. The van der Waals surface area contributed by atoms with Crippen LogP contribution in [0.2, 0.25) is 0 Å². The SMILES string of the molecule is COc1cc(C=CC(=O)OC[C@@]23CC[C@]4(C(=O)O)CCC(C)(C)C[C@H]4C2=CC[C@@H]2[C@@]4(C)CC[C@H](O)C(C)(C)[C@H]4CC[C@@]23C)ccc1O. The molecule has 1 aromatic rings. The van der Waals surface area contributed by atoms with Crippen LogP contribution in [-0.2, 0) is 14.3 Å². The summed E-state index contributed by atoms with van der Waals surface area (Å²) in [6.45, 7) is 14.1. The Morgan fingerprint density at radius 3 is 2.38 bits per heavy atom. The van der Waals surface area contributed by atoms with Gasteiger partial charge in [0.25, 0.3) is 0 Å². The van der Waals surface area contributed by atoms with Crippen LogP contribution in [0.1, 0.15) is 111 Å². The van der Waals surface area contributed by atoms with Gasteiger partial charge in [-0.15, -0.1) is 0 Å². The second-order valence-electron chi connectivity index (χ2n) is 17.7. The van der Waals surface area contributed by atoms with Crippen molar-refractivity contribution in [2.24, 2.45) is 50.2 Å². The number of aliphatic carboxylic acids is 1. The van der Waals surface area contributed by atoms with E-state index in [0.29, 0.717) is 42.4 Å². The van der Waals surface area contributed by atoms with Crippen molar-refractivity contribution in [1.82, 2.24) is 0 Å². The molecular weight excluding hydrogens is 592 g/mol. The number of aromatic hydroxyl groups is 1. The third kappa shape index (κ3) is 5.08. The predicted molar refractivity (Wildman–Crippen MR) is 182 cm³/mol. The Hall–Kier alpha value is -2.80. The van der Waals surface area contributed by atoms with E-state index in [2.05, 4.69) is 47.6 Å². The lowest BCUT2D eigenvalue weighted by Crippen LogP contribution is -2.66. The van der Waals surface area contributed by atoms with E-state index >= 15 is 0 Å². The minimum absolute atomic E-state index is 0.0137. The highest BCUT2D eigenvalue weighted by molar-refractivity contribution is 5.87. The van der Waals surface area contributed by atoms with Gasteiger partial charge in [-0.2, -0.15) is 0 Å². The molecule has 6 rings (SSSR count). The summed E-state index contributed by atoms with van der Waals surface area (Å²) in [6, 6.07) is 4.92. The maximum Gasteiger partial charge on any atom is 0.330 e. The largest absolute Gasteiger partial charge is 0.504 e. The summed E-state index contributed by atoms with van der Waals surface area (Å²) >= 11 is 0. The lowest BCUT2D eigenvalue weighted by molar-refractivity contribution is -0.217. The topological polar surface area (TPSA) is 113 Å². The lowest BCUT2D eigenvalue weighted by Gasteiger charge is -2.71. The Bertz CT molecular complexity index is 1490. The van der Waals surface area contributed by atoms with Gasteiger partial charge in [-0.3, -0.25) is 4.79 Å². The Labute approximate surface area is 280 Å². The molecule has 7 nitrogen and oxygen atoms in total. The smallest absolute Gasteiger partial charge is 0.330 e. The first kappa shape index (κ1) is 34.1. The number of rotatable bonds is 6. The molecular formula is C40H56O7. The van der Waals surface area contributed by atoms with Crippen LogP contribution in [0, 0.1) is 50.2 Å². The molecule has 4 saturated carbocycles. The number of phenolic OH excluding ortho intramolecular Hbond substituents is 1. The van der Waals surface area contributed by atoms with E-state index in [1.807, 2.05) is 0 Å². The molecule has 0 bridgehead atoms. The monoisotopic (exact) mass is 648 g/mol. The maximum atomic E-state index is 13.5. The Kier molecular flexibility index (Phi) is 8.26. The lowest BCUT2D eigenvalue weighted by atomic mass is 9.33. The molecule has 0 amide bonds. The quantitative estimate of drug-likeness (QED) is 0.162. The minimum Gasteiger partial charge on any atom is -0.504 e. The number of aliphatic hydroxyl groups excluding tert-OH is 1. The van der Waals surface area contributed by atoms with Crippen LogP contribution >= 0.6 is 0 Å². The van der Waals surface area contributed by atoms with Crippen molar-refractivity contribution in [3.63, 3.8) is 0 Å². The number of esters is 1. The minimum atomic E-state index is -0.784. The van der Waals surface area contributed by atoms with Gasteiger partial charge in [0.1, 0.15) is 6.61 Å². The second-order valence-corrected chi connectivity index (χ2v) is 17.7. The summed E-state index contributed by atoms with van der Waals surface area (Å²) in [6.07, 6.45) is 13.5. The van der Waals surface area contributed by atoms with Crippen molar-refractivity contribution in [3.8, 4) is 11.5 Å². The summed E-state index contributed by atoms with van der Waals surface area (Å²) in [5, 5.41) is 31.9. The summed E-state index contributed by atoms with van der Waals surface area (Å²) in [7, 11) is 1.49. The standard InChI is InChI=1S/C40H56O7/c1-35(2)18-19-39(34(44)45)20-21-40(24-47-33(43)13-9-25-8-11-28(41)29(22-25)46-7)26(27(39)23-35)10-12-31-37(5)16-15-32(42)36(3,4)30(37)14-17-38(31,40)6/h8-11,13,22,27,30-32,41-42H,12,14-21,23-24H2,1-7H3,(H,44,45)/t27-,30+,31+,32-,37-,38-,39+,40-/m0/s1. The van der Waals surface area contributed by atoms with E-state index in [9.17, 15) is 24.9 Å². The molecule has 47 heavy (non-hydrogen) atoms. The van der Waals surface area contributed by atoms with Crippen molar-refractivity contribution < 1.29 is 34.4 Å². The van der Waals surface area contributed by atoms with Crippen LogP contribution < -0.4 is 4.74 Å². The van der Waals surface area contributed by atoms with Gasteiger partial charge >= 0.3 is 11.9 Å². The number of hydrogen-bond acceptors (Lipinski definition) is 6. The molecule has 0 aliphatic heterocycles. The molecule has 1 aromatic carbocycles. The van der Waals surface area contributed by atoms with Crippen molar-refractivity contribution in [2.45, 2.75) is 112 Å². The number of carbonyl (C=O) groups is 2. The zero-order valence-electron chi connectivity index (χ0n) is 29.5. The van der Waals surface area contributed by atoms with E-state index in [-0.39, 0.29) is 46.0 Å². The summed E-state index contributed by atoms with van der Waals surface area (Å²) in [4.78, 5) is 26.6. The zero-order valence-corrected chi connectivity index (χ0v) is 29.5. The summed E-state index contributed by atoms with van der Waals surface area (Å²) < 4.78 is 11.5. The Morgan fingerprint density at radius 1 is 0.957 bits per heavy atom. The van der Waals surface area contributed by atoms with Crippen molar-refractivity contribution in [3.05, 3.63) is 41.5 Å². The number of carbonyl (C=O) groups excluding carboxylic acids is 1. The molecule has 4 fully saturated rings. The van der Waals surface area contributed by atoms with Crippen molar-refractivity contribution in [1.29, 1.82) is 0 Å². The average molecular weight is 649 g/mol. The molecule has 0 radical (unpaired) electrons. The number of benzene rings is 1. The number of allylic oxidation sites excluding steroid dienone is 1. The van der Waals surface area contributed by atoms with Crippen molar-refractivity contribution in [2.75, 3.05) is 13.7 Å². The maximum absolute atomic E-state index is 13.5. The number of methoxy groups -OCH3 is 1. The highest BCUT2D eigenvalue weighted by Gasteiger charge is 2.70. The molecule has 0 spiro atoms. The van der Waals surface area contributed by atoms with Crippen molar-refractivity contribution >= 4 is 18.0 Å². The first-order valence-electron chi connectivity index (χ1n) is 17.8. The van der Waals surface area contributed by atoms with E-state index in [4.69, 9.17) is 9.47 Å². The fourth-order valence-electron chi connectivity index (χ4n) is 11.9. The average Bonchev–Trinajstić information content (AvgIpc) is 3.01. The first-order chi connectivity index (χ1) is 22.0. The van der Waals surface area contributed by atoms with Gasteiger partial charge in [-0.05, 0) is 127 Å². The number of hydrogen-bond donors (Lipinski definition) is 3. The number of carboxylic acid groups (broad SMARTS) is 1. The van der Waals surface area contributed by atoms with Gasteiger partial charge in [-0.1, -0.05) is 59.3 Å². The zero-order chi connectivity index (χ0) is 34.2. The van der Waals surface area contributed by atoms with Gasteiger partial charge in [0, 0.05) is 11.5 Å². The van der Waals surface area contributed by atoms with Crippen LogP contribution in [0.5, 0.6) is 11.5 Å². The number of ether oxygens (including phenoxy) is 2. The fraction of sp³-hybridized carbons (Fsp3) is 0.700. The summed E-state index contributed by atoms with van der Waals surface area (Å²) in [5.41, 5.74) is 0.360. The van der Waals surface area contributed by atoms with Crippen LogP contribution in [0.3, 0.4) is 0 Å². The van der Waals surface area contributed by atoms with Gasteiger partial charge in [-0.25, -0.2) is 4.79 Å². The predicted octanol–water partition coefficient (Wildman–Crippen LogP) is 8.18. The molecule has 5 aliphatic rings. The van der Waals surface area contributed by atoms with Crippen LogP contribution in [0.25, 0.3) is 6.08 Å². The van der Waals surface area contributed by atoms with Gasteiger partial charge in [0.05, 0.1) is 18.6 Å². The highest BCUT2D eigenvalue weighted by Crippen LogP contribution is 2.76. The second kappa shape index (κ2) is 11.4. The van der Waals surface area contributed by atoms with Gasteiger partial charge in [0.2, 0.25) is 0 Å². The third-order valence-corrected chi connectivity index (χ3v) is 14.8. The normalized spacial score (nSPS) is 40.2. The molecule has 5 aliphatic carbocycles. The van der Waals surface area contributed by atoms with Crippen LogP contribution in [0.4, 0.5) is 0 Å². The third-order valence-electron chi connectivity index (χ3n) is 14.8.